The molecule has 0 fully saturated rings. The van der Waals surface area contributed by atoms with Crippen LogP contribution in [0, 0.1) is 17.8 Å². The summed E-state index contributed by atoms with van der Waals surface area (Å²) in [6.45, 7) is 14.6. The SMILES string of the molecule is CC1C=C([Si](C)(C)C)C(C(C)C)CC1. The molecule has 0 spiro atoms. The third-order valence-corrected chi connectivity index (χ3v) is 5.74. The molecule has 82 valence electrons. The van der Waals surface area contributed by atoms with E-state index in [1.807, 2.05) is 5.20 Å². The minimum Gasteiger partial charge on any atom is -0.0860 e. The average molecular weight is 210 g/mol. The van der Waals surface area contributed by atoms with Crippen LogP contribution in [0.4, 0.5) is 0 Å². The van der Waals surface area contributed by atoms with Crippen molar-refractivity contribution >= 4 is 8.07 Å². The van der Waals surface area contributed by atoms with Crippen LogP contribution in [0.2, 0.25) is 19.6 Å². The molecule has 0 aliphatic heterocycles. The molecule has 0 aromatic carbocycles. The average Bonchev–Trinajstić information content (AvgIpc) is 2.01. The first-order valence-corrected chi connectivity index (χ1v) is 9.54. The maximum Gasteiger partial charge on any atom is 0.0724 e. The number of rotatable bonds is 2. The predicted octanol–water partition coefficient (Wildman–Crippen LogP) is 4.49. The zero-order valence-electron chi connectivity index (χ0n) is 10.7. The Labute approximate surface area is 90.8 Å². The van der Waals surface area contributed by atoms with Crippen LogP contribution in [-0.2, 0) is 0 Å². The summed E-state index contributed by atoms with van der Waals surface area (Å²) < 4.78 is 0. The predicted molar refractivity (Wildman–Crippen MR) is 68.2 cm³/mol. The summed E-state index contributed by atoms with van der Waals surface area (Å²) in [6.07, 6.45) is 5.42. The van der Waals surface area contributed by atoms with Crippen molar-refractivity contribution < 1.29 is 0 Å². The van der Waals surface area contributed by atoms with E-state index < -0.39 is 8.07 Å². The molecular formula is C13H26Si. The van der Waals surface area contributed by atoms with Crippen molar-refractivity contribution in [3.05, 3.63) is 11.3 Å². The van der Waals surface area contributed by atoms with Gasteiger partial charge < -0.3 is 0 Å². The molecule has 0 bridgehead atoms. The van der Waals surface area contributed by atoms with Crippen molar-refractivity contribution in [3.8, 4) is 0 Å². The van der Waals surface area contributed by atoms with Gasteiger partial charge in [-0.25, -0.2) is 0 Å². The topological polar surface area (TPSA) is 0 Å². The van der Waals surface area contributed by atoms with Gasteiger partial charge in [0.2, 0.25) is 0 Å². The lowest BCUT2D eigenvalue weighted by molar-refractivity contribution is 0.373. The summed E-state index contributed by atoms with van der Waals surface area (Å²) in [5.74, 6) is 2.55. The Morgan fingerprint density at radius 1 is 1.21 bits per heavy atom. The standard InChI is InChI=1S/C13H26Si/c1-10(2)12-8-7-11(3)9-13(12)14(4,5)6/h9-12H,7-8H2,1-6H3. The van der Waals surface area contributed by atoms with Crippen molar-refractivity contribution in [2.45, 2.75) is 53.3 Å². The first-order valence-electron chi connectivity index (χ1n) is 6.04. The van der Waals surface area contributed by atoms with E-state index in [0.717, 1.165) is 17.8 Å². The maximum atomic E-state index is 2.60. The molecule has 1 heteroatoms. The van der Waals surface area contributed by atoms with Crippen LogP contribution >= 0.6 is 0 Å². The highest BCUT2D eigenvalue weighted by Gasteiger charge is 2.31. The molecule has 0 N–H and O–H groups in total. The van der Waals surface area contributed by atoms with Crippen molar-refractivity contribution in [2.75, 3.05) is 0 Å². The van der Waals surface area contributed by atoms with Gasteiger partial charge in [-0.2, -0.15) is 0 Å². The zero-order valence-corrected chi connectivity index (χ0v) is 11.7. The van der Waals surface area contributed by atoms with Crippen LogP contribution < -0.4 is 0 Å². The lowest BCUT2D eigenvalue weighted by atomic mass is 9.83. The third kappa shape index (κ3) is 2.72. The molecule has 0 heterocycles. The largest absolute Gasteiger partial charge is 0.0860 e. The van der Waals surface area contributed by atoms with Crippen molar-refractivity contribution in [1.29, 1.82) is 0 Å². The molecular weight excluding hydrogens is 184 g/mol. The van der Waals surface area contributed by atoms with Crippen molar-refractivity contribution in [2.24, 2.45) is 17.8 Å². The van der Waals surface area contributed by atoms with Gasteiger partial charge >= 0.3 is 0 Å². The Morgan fingerprint density at radius 3 is 2.21 bits per heavy atom. The van der Waals surface area contributed by atoms with Gasteiger partial charge in [-0.3, -0.25) is 0 Å². The summed E-state index contributed by atoms with van der Waals surface area (Å²) in [5.41, 5.74) is 0. The zero-order chi connectivity index (χ0) is 10.9. The quantitative estimate of drug-likeness (QED) is 0.589. The molecule has 1 rings (SSSR count). The molecule has 0 aromatic heterocycles. The van der Waals surface area contributed by atoms with Crippen LogP contribution in [0.5, 0.6) is 0 Å². The molecule has 0 saturated carbocycles. The van der Waals surface area contributed by atoms with Crippen LogP contribution in [0.3, 0.4) is 0 Å². The molecule has 0 radical (unpaired) electrons. The number of hydrogen-bond donors (Lipinski definition) is 0. The van der Waals surface area contributed by atoms with Gasteiger partial charge in [0.05, 0.1) is 8.07 Å². The molecule has 0 amide bonds. The number of allylic oxidation sites excluding steroid dienone is 2. The fraction of sp³-hybridized carbons (Fsp3) is 0.846. The Kier molecular flexibility index (Phi) is 3.62. The summed E-state index contributed by atoms with van der Waals surface area (Å²) >= 11 is 0. The fourth-order valence-corrected chi connectivity index (χ4v) is 4.98. The van der Waals surface area contributed by atoms with Gasteiger partial charge in [-0.05, 0) is 30.6 Å². The van der Waals surface area contributed by atoms with Crippen LogP contribution in [-0.4, -0.2) is 8.07 Å². The highest BCUT2D eigenvalue weighted by Crippen LogP contribution is 2.38. The van der Waals surface area contributed by atoms with E-state index >= 15 is 0 Å². The van der Waals surface area contributed by atoms with Gasteiger partial charge in [-0.15, -0.1) is 0 Å². The monoisotopic (exact) mass is 210 g/mol. The second-order valence-corrected chi connectivity index (χ2v) is 11.4. The van der Waals surface area contributed by atoms with Gasteiger partial charge in [0.1, 0.15) is 0 Å². The van der Waals surface area contributed by atoms with Gasteiger partial charge in [0, 0.05) is 0 Å². The van der Waals surface area contributed by atoms with E-state index in [9.17, 15) is 0 Å². The highest BCUT2D eigenvalue weighted by molar-refractivity contribution is 6.83. The maximum absolute atomic E-state index is 2.60. The number of hydrogen-bond acceptors (Lipinski definition) is 0. The van der Waals surface area contributed by atoms with Gasteiger partial charge in [0.25, 0.3) is 0 Å². The first kappa shape index (κ1) is 12.0. The van der Waals surface area contributed by atoms with Crippen molar-refractivity contribution in [1.82, 2.24) is 0 Å². The van der Waals surface area contributed by atoms with E-state index in [2.05, 4.69) is 46.5 Å². The molecule has 14 heavy (non-hydrogen) atoms. The molecule has 1 aliphatic carbocycles. The van der Waals surface area contributed by atoms with E-state index in [0.29, 0.717) is 0 Å². The second-order valence-electron chi connectivity index (χ2n) is 6.28. The summed E-state index contributed by atoms with van der Waals surface area (Å²) in [4.78, 5) is 0. The van der Waals surface area contributed by atoms with Crippen molar-refractivity contribution in [3.63, 3.8) is 0 Å². The van der Waals surface area contributed by atoms with E-state index in [1.165, 1.54) is 12.8 Å². The normalized spacial score (nSPS) is 29.2. The highest BCUT2D eigenvalue weighted by atomic mass is 28.3. The van der Waals surface area contributed by atoms with Crippen LogP contribution in [0.15, 0.2) is 11.3 Å². The first-order chi connectivity index (χ1) is 6.32. The minimum atomic E-state index is -1.06. The minimum absolute atomic E-state index is 0.826. The summed E-state index contributed by atoms with van der Waals surface area (Å²) in [6, 6.07) is 0. The van der Waals surface area contributed by atoms with Gasteiger partial charge in [0.15, 0.2) is 0 Å². The van der Waals surface area contributed by atoms with E-state index in [-0.39, 0.29) is 0 Å². The Bertz CT molecular complexity index is 220. The van der Waals surface area contributed by atoms with Crippen LogP contribution in [0.1, 0.15) is 33.6 Å². The lowest BCUT2D eigenvalue weighted by Crippen LogP contribution is -2.34. The molecule has 0 nitrogen and oxygen atoms in total. The Balaban J connectivity index is 2.93. The van der Waals surface area contributed by atoms with Crippen LogP contribution in [0.25, 0.3) is 0 Å². The summed E-state index contributed by atoms with van der Waals surface area (Å²) in [5, 5.41) is 1.84. The molecule has 0 saturated heterocycles. The smallest absolute Gasteiger partial charge is 0.0724 e. The van der Waals surface area contributed by atoms with E-state index in [1.54, 1.807) is 0 Å². The molecule has 2 unspecified atom stereocenters. The van der Waals surface area contributed by atoms with Gasteiger partial charge in [-0.1, -0.05) is 51.7 Å². The molecule has 0 aromatic rings. The summed E-state index contributed by atoms with van der Waals surface area (Å²) in [7, 11) is -1.06. The third-order valence-electron chi connectivity index (χ3n) is 3.47. The van der Waals surface area contributed by atoms with E-state index in [4.69, 9.17) is 0 Å². The lowest BCUT2D eigenvalue weighted by Gasteiger charge is -2.36. The fourth-order valence-electron chi connectivity index (χ4n) is 2.61. The second kappa shape index (κ2) is 4.22. The Hall–Kier alpha value is -0.0431. The molecule has 2 atom stereocenters. The molecule has 1 aliphatic rings. The Morgan fingerprint density at radius 2 is 1.79 bits per heavy atom.